The minimum absolute atomic E-state index is 0.0453. The molecule has 0 saturated carbocycles. The Morgan fingerprint density at radius 2 is 2.32 bits per heavy atom. The molecule has 0 atom stereocenters. The third kappa shape index (κ3) is 3.51. The molecule has 0 saturated heterocycles. The molecule has 0 aliphatic rings. The molecule has 0 amide bonds. The first-order chi connectivity index (χ1) is 9.16. The number of nitrogens with one attached hydrogen (secondary N) is 1. The molecule has 100 valence electrons. The lowest BCUT2D eigenvalue weighted by molar-refractivity contribution is -0.385. The largest absolute Gasteiger partial charge is 0.370 e. The van der Waals surface area contributed by atoms with E-state index in [0.717, 1.165) is 19.5 Å². The lowest BCUT2D eigenvalue weighted by Gasteiger charge is -2.06. The Kier molecular flexibility index (Phi) is 4.07. The molecule has 2 aromatic heterocycles. The minimum Gasteiger partial charge on any atom is -0.370 e. The van der Waals surface area contributed by atoms with Crippen LogP contribution >= 0.6 is 0 Å². The van der Waals surface area contributed by atoms with Gasteiger partial charge in [-0.25, -0.2) is 9.97 Å². The van der Waals surface area contributed by atoms with Crippen LogP contribution in [0.15, 0.2) is 30.9 Å². The number of hydrogen-bond acceptors (Lipinski definition) is 5. The Labute approximate surface area is 110 Å². The molecular weight excluding hydrogens is 246 g/mol. The first kappa shape index (κ1) is 13.0. The van der Waals surface area contributed by atoms with E-state index in [2.05, 4.69) is 15.3 Å². The number of anilines is 1. The quantitative estimate of drug-likeness (QED) is 0.488. The summed E-state index contributed by atoms with van der Waals surface area (Å²) in [6.45, 7) is 3.26. The minimum atomic E-state index is -0.425. The molecule has 0 aromatic carbocycles. The molecule has 7 nitrogen and oxygen atoms in total. The maximum Gasteiger partial charge on any atom is 0.290 e. The van der Waals surface area contributed by atoms with E-state index >= 15 is 0 Å². The zero-order valence-corrected chi connectivity index (χ0v) is 10.6. The first-order valence-corrected chi connectivity index (χ1v) is 5.98. The average molecular weight is 261 g/mol. The summed E-state index contributed by atoms with van der Waals surface area (Å²) in [4.78, 5) is 18.4. The van der Waals surface area contributed by atoms with Crippen molar-refractivity contribution in [1.82, 2.24) is 14.5 Å². The number of imidazole rings is 1. The monoisotopic (exact) mass is 261 g/mol. The van der Waals surface area contributed by atoms with Crippen LogP contribution in [0.4, 0.5) is 11.5 Å². The lowest BCUT2D eigenvalue weighted by Crippen LogP contribution is -2.07. The second kappa shape index (κ2) is 5.94. The van der Waals surface area contributed by atoms with Gasteiger partial charge in [-0.15, -0.1) is 0 Å². The van der Waals surface area contributed by atoms with Gasteiger partial charge < -0.3 is 9.88 Å². The van der Waals surface area contributed by atoms with Crippen molar-refractivity contribution in [2.75, 3.05) is 11.9 Å². The van der Waals surface area contributed by atoms with E-state index < -0.39 is 4.92 Å². The highest BCUT2D eigenvalue weighted by molar-refractivity contribution is 5.44. The van der Waals surface area contributed by atoms with Crippen LogP contribution in [0.3, 0.4) is 0 Å². The molecule has 0 aliphatic heterocycles. The summed E-state index contributed by atoms with van der Waals surface area (Å²) in [5.74, 6) is 0.661. The molecule has 0 spiro atoms. The number of nitro groups is 1. The molecule has 19 heavy (non-hydrogen) atoms. The normalized spacial score (nSPS) is 10.4. The van der Waals surface area contributed by atoms with Gasteiger partial charge in [0.05, 0.1) is 11.3 Å². The number of aromatic nitrogens is 3. The summed E-state index contributed by atoms with van der Waals surface area (Å²) < 4.78 is 2.00. The van der Waals surface area contributed by atoms with E-state index in [1.807, 2.05) is 10.8 Å². The van der Waals surface area contributed by atoms with E-state index in [1.165, 1.54) is 6.07 Å². The number of hydrogen-bond donors (Lipinski definition) is 1. The number of nitrogens with zero attached hydrogens (tertiary/aromatic N) is 4. The van der Waals surface area contributed by atoms with Crippen molar-refractivity contribution < 1.29 is 4.92 Å². The fourth-order valence-electron chi connectivity index (χ4n) is 1.74. The molecule has 0 unspecified atom stereocenters. The molecule has 1 N–H and O–H groups in total. The van der Waals surface area contributed by atoms with E-state index in [1.54, 1.807) is 25.5 Å². The van der Waals surface area contributed by atoms with E-state index in [4.69, 9.17) is 0 Å². The summed E-state index contributed by atoms with van der Waals surface area (Å²) in [5, 5.41) is 13.8. The summed E-state index contributed by atoms with van der Waals surface area (Å²) in [5.41, 5.74) is 0.466. The standard InChI is InChI=1S/C12H15N5O2/c1-10-11(17(18)19)3-4-12(15-10)14-5-2-7-16-8-6-13-9-16/h3-4,6,8-9H,2,5,7H2,1H3,(H,14,15). The van der Waals surface area contributed by atoms with E-state index in [9.17, 15) is 10.1 Å². The fourth-order valence-corrected chi connectivity index (χ4v) is 1.74. The molecule has 2 aromatic rings. The van der Waals surface area contributed by atoms with Gasteiger partial charge in [0.25, 0.3) is 5.69 Å². The molecular formula is C12H15N5O2. The van der Waals surface area contributed by atoms with Gasteiger partial charge in [0.1, 0.15) is 11.5 Å². The van der Waals surface area contributed by atoms with Gasteiger partial charge in [-0.2, -0.15) is 0 Å². The maximum atomic E-state index is 10.7. The van der Waals surface area contributed by atoms with Crippen LogP contribution in [0.5, 0.6) is 0 Å². The van der Waals surface area contributed by atoms with Gasteiger partial charge in [-0.1, -0.05) is 0 Å². The predicted molar refractivity (Wildman–Crippen MR) is 71.0 cm³/mol. The molecule has 0 radical (unpaired) electrons. The second-order valence-corrected chi connectivity index (χ2v) is 4.14. The van der Waals surface area contributed by atoms with Gasteiger partial charge in [-0.3, -0.25) is 10.1 Å². The van der Waals surface area contributed by atoms with Gasteiger partial charge in [-0.05, 0) is 19.4 Å². The van der Waals surface area contributed by atoms with Gasteiger partial charge >= 0.3 is 0 Å². The van der Waals surface area contributed by atoms with Crippen molar-refractivity contribution in [3.8, 4) is 0 Å². The zero-order valence-electron chi connectivity index (χ0n) is 10.6. The van der Waals surface area contributed by atoms with E-state index in [-0.39, 0.29) is 5.69 Å². The maximum absolute atomic E-state index is 10.7. The van der Waals surface area contributed by atoms with E-state index in [0.29, 0.717) is 11.5 Å². The second-order valence-electron chi connectivity index (χ2n) is 4.14. The van der Waals surface area contributed by atoms with Crippen LogP contribution in [0.1, 0.15) is 12.1 Å². The molecule has 2 rings (SSSR count). The van der Waals surface area contributed by atoms with Crippen LogP contribution in [0.25, 0.3) is 0 Å². The molecule has 0 fully saturated rings. The third-order valence-corrected chi connectivity index (χ3v) is 2.71. The van der Waals surface area contributed by atoms with Crippen LogP contribution < -0.4 is 5.32 Å². The van der Waals surface area contributed by atoms with Crippen LogP contribution in [-0.2, 0) is 6.54 Å². The Bertz CT molecular complexity index is 553. The van der Waals surface area contributed by atoms with Crippen molar-refractivity contribution in [3.05, 3.63) is 46.7 Å². The van der Waals surface area contributed by atoms with Crippen molar-refractivity contribution in [2.45, 2.75) is 19.9 Å². The van der Waals surface area contributed by atoms with Crippen molar-refractivity contribution in [2.24, 2.45) is 0 Å². The smallest absolute Gasteiger partial charge is 0.290 e. The van der Waals surface area contributed by atoms with Crippen LogP contribution in [0.2, 0.25) is 0 Å². The van der Waals surface area contributed by atoms with Gasteiger partial charge in [0.15, 0.2) is 0 Å². The number of aryl methyl sites for hydroxylation is 2. The molecule has 7 heteroatoms. The Balaban J connectivity index is 1.83. The Morgan fingerprint density at radius 3 is 2.95 bits per heavy atom. The zero-order chi connectivity index (χ0) is 13.7. The Morgan fingerprint density at radius 1 is 1.47 bits per heavy atom. The topological polar surface area (TPSA) is 85.9 Å². The summed E-state index contributed by atoms with van der Waals surface area (Å²) in [6, 6.07) is 3.10. The van der Waals surface area contributed by atoms with Crippen molar-refractivity contribution >= 4 is 11.5 Å². The number of rotatable bonds is 6. The lowest BCUT2D eigenvalue weighted by atomic mass is 10.3. The highest BCUT2D eigenvalue weighted by Crippen LogP contribution is 2.17. The van der Waals surface area contributed by atoms with Crippen molar-refractivity contribution in [1.29, 1.82) is 0 Å². The predicted octanol–water partition coefficient (Wildman–Crippen LogP) is 2.00. The molecule has 0 aliphatic carbocycles. The third-order valence-electron chi connectivity index (χ3n) is 2.71. The van der Waals surface area contributed by atoms with Gasteiger partial charge in [0, 0.05) is 31.5 Å². The summed E-state index contributed by atoms with van der Waals surface area (Å²) >= 11 is 0. The van der Waals surface area contributed by atoms with Crippen LogP contribution in [-0.4, -0.2) is 26.0 Å². The molecule has 2 heterocycles. The summed E-state index contributed by atoms with van der Waals surface area (Å²) in [7, 11) is 0. The summed E-state index contributed by atoms with van der Waals surface area (Å²) in [6.07, 6.45) is 6.35. The Hall–Kier alpha value is -2.44. The van der Waals surface area contributed by atoms with Crippen LogP contribution in [0, 0.1) is 17.0 Å². The highest BCUT2D eigenvalue weighted by atomic mass is 16.6. The fraction of sp³-hybridized carbons (Fsp3) is 0.333. The first-order valence-electron chi connectivity index (χ1n) is 5.98. The highest BCUT2D eigenvalue weighted by Gasteiger charge is 2.11. The van der Waals surface area contributed by atoms with Gasteiger partial charge in [0.2, 0.25) is 0 Å². The SMILES string of the molecule is Cc1nc(NCCCn2ccnc2)ccc1[N+](=O)[O-]. The van der Waals surface area contributed by atoms with Crippen molar-refractivity contribution in [3.63, 3.8) is 0 Å². The average Bonchev–Trinajstić information content (AvgIpc) is 2.87. The number of pyridine rings is 1. The molecule has 0 bridgehead atoms.